The zero-order valence-corrected chi connectivity index (χ0v) is 15.5. The molecule has 3 aromatic rings. The molecule has 1 amide bonds. The minimum Gasteiger partial charge on any atom is -0.484 e. The Balaban J connectivity index is 1.59. The van der Waals surface area contributed by atoms with Crippen LogP contribution in [0, 0.1) is 0 Å². The fourth-order valence-corrected chi connectivity index (χ4v) is 2.52. The number of hydrogen-bond donors (Lipinski definition) is 1. The van der Waals surface area contributed by atoms with Gasteiger partial charge in [0, 0.05) is 6.54 Å². The molecule has 0 fully saturated rings. The van der Waals surface area contributed by atoms with Gasteiger partial charge in [-0.25, -0.2) is 9.67 Å². The molecule has 164 valence electrons. The monoisotopic (exact) mass is 444 g/mol. The maximum absolute atomic E-state index is 12.9. The van der Waals surface area contributed by atoms with Gasteiger partial charge in [-0.05, 0) is 35.9 Å². The van der Waals surface area contributed by atoms with Crippen molar-refractivity contribution >= 4 is 5.91 Å². The second kappa shape index (κ2) is 8.66. The molecule has 0 saturated carbocycles. The standard InChI is InChI=1S/C19H14F6N4O2/c20-18(21,22)13-5-14(19(23,24)25)7-16(6-13)31-9-17(30)27-8-12-1-3-15(4-2-12)29-11-26-10-28-29/h1-7,10-11H,8-9H2,(H,27,30). The van der Waals surface area contributed by atoms with Gasteiger partial charge >= 0.3 is 12.4 Å². The number of rotatable bonds is 6. The van der Waals surface area contributed by atoms with E-state index in [0.29, 0.717) is 17.7 Å². The van der Waals surface area contributed by atoms with Crippen LogP contribution in [-0.2, 0) is 23.7 Å². The quantitative estimate of drug-likeness (QED) is 0.584. The number of nitrogens with one attached hydrogen (secondary N) is 1. The summed E-state index contributed by atoms with van der Waals surface area (Å²) in [6.07, 6.45) is -7.12. The number of halogens is 6. The van der Waals surface area contributed by atoms with Crippen molar-refractivity contribution in [2.45, 2.75) is 18.9 Å². The molecule has 0 radical (unpaired) electrons. The normalized spacial score (nSPS) is 11.9. The number of alkyl halides is 6. The molecule has 12 heteroatoms. The summed E-state index contributed by atoms with van der Waals surface area (Å²) in [5, 5.41) is 6.43. The van der Waals surface area contributed by atoms with Crippen LogP contribution in [0.25, 0.3) is 5.69 Å². The molecule has 1 heterocycles. The highest BCUT2D eigenvalue weighted by molar-refractivity contribution is 5.77. The fraction of sp³-hybridized carbons (Fsp3) is 0.211. The molecule has 0 unspecified atom stereocenters. The molecule has 2 aromatic carbocycles. The van der Waals surface area contributed by atoms with Crippen LogP contribution in [0.5, 0.6) is 5.75 Å². The maximum Gasteiger partial charge on any atom is 0.416 e. The Morgan fingerprint density at radius 1 is 0.968 bits per heavy atom. The Hall–Kier alpha value is -3.57. The first-order chi connectivity index (χ1) is 14.5. The van der Waals surface area contributed by atoms with E-state index in [9.17, 15) is 31.1 Å². The highest BCUT2D eigenvalue weighted by Gasteiger charge is 2.37. The van der Waals surface area contributed by atoms with Gasteiger partial charge in [0.1, 0.15) is 18.4 Å². The van der Waals surface area contributed by atoms with Gasteiger partial charge in [0.25, 0.3) is 5.91 Å². The SMILES string of the molecule is O=C(COc1cc(C(F)(F)F)cc(C(F)(F)F)c1)NCc1ccc(-n2cncn2)cc1. The fourth-order valence-electron chi connectivity index (χ4n) is 2.52. The molecule has 0 aliphatic carbocycles. The van der Waals surface area contributed by atoms with Crippen LogP contribution >= 0.6 is 0 Å². The maximum atomic E-state index is 12.9. The second-order valence-electron chi connectivity index (χ2n) is 6.31. The first-order valence-electron chi connectivity index (χ1n) is 8.65. The molecule has 0 atom stereocenters. The molecule has 3 rings (SSSR count). The Bertz CT molecular complexity index is 999. The van der Waals surface area contributed by atoms with E-state index in [1.165, 1.54) is 17.3 Å². The van der Waals surface area contributed by atoms with Gasteiger partial charge < -0.3 is 10.1 Å². The third-order valence-corrected chi connectivity index (χ3v) is 4.04. The van der Waals surface area contributed by atoms with E-state index >= 15 is 0 Å². The van der Waals surface area contributed by atoms with E-state index in [1.807, 2.05) is 0 Å². The zero-order chi connectivity index (χ0) is 22.6. The smallest absolute Gasteiger partial charge is 0.416 e. The van der Waals surface area contributed by atoms with Crippen molar-refractivity contribution in [1.29, 1.82) is 0 Å². The molecule has 1 aromatic heterocycles. The molecule has 0 spiro atoms. The largest absolute Gasteiger partial charge is 0.484 e. The minimum absolute atomic E-state index is 0.0180. The van der Waals surface area contributed by atoms with Gasteiger partial charge in [0.15, 0.2) is 6.61 Å². The number of ether oxygens (including phenoxy) is 1. The molecule has 1 N–H and O–H groups in total. The number of amides is 1. The lowest BCUT2D eigenvalue weighted by atomic mass is 10.1. The number of benzene rings is 2. The number of aromatic nitrogens is 3. The van der Waals surface area contributed by atoms with E-state index < -0.39 is 41.7 Å². The predicted molar refractivity (Wildman–Crippen MR) is 95.1 cm³/mol. The Morgan fingerprint density at radius 2 is 1.58 bits per heavy atom. The molecule has 0 aliphatic heterocycles. The topological polar surface area (TPSA) is 69.0 Å². The first-order valence-corrected chi connectivity index (χ1v) is 8.65. The Kier molecular flexibility index (Phi) is 6.18. The van der Waals surface area contributed by atoms with Crippen LogP contribution in [0.4, 0.5) is 26.3 Å². The summed E-state index contributed by atoms with van der Waals surface area (Å²) in [5.41, 5.74) is -1.60. The summed E-state index contributed by atoms with van der Waals surface area (Å²) < 4.78 is 83.5. The molecule has 6 nitrogen and oxygen atoms in total. The summed E-state index contributed by atoms with van der Waals surface area (Å²) in [5.74, 6) is -1.43. The molecule has 0 bridgehead atoms. The van der Waals surface area contributed by atoms with Crippen LogP contribution in [0.3, 0.4) is 0 Å². The van der Waals surface area contributed by atoms with Crippen molar-refractivity contribution in [3.8, 4) is 11.4 Å². The number of carbonyl (C=O) groups is 1. The molecular formula is C19H14F6N4O2. The Labute approximate surface area is 171 Å². The van der Waals surface area contributed by atoms with Gasteiger partial charge in [-0.2, -0.15) is 31.4 Å². The van der Waals surface area contributed by atoms with Gasteiger partial charge in [-0.1, -0.05) is 12.1 Å². The van der Waals surface area contributed by atoms with Crippen molar-refractivity contribution in [1.82, 2.24) is 20.1 Å². The molecular weight excluding hydrogens is 430 g/mol. The lowest BCUT2D eigenvalue weighted by Crippen LogP contribution is -2.28. The lowest BCUT2D eigenvalue weighted by molar-refractivity contribution is -0.143. The summed E-state index contributed by atoms with van der Waals surface area (Å²) in [6, 6.07) is 7.68. The Morgan fingerprint density at radius 3 is 2.10 bits per heavy atom. The van der Waals surface area contributed by atoms with Crippen LogP contribution in [0.1, 0.15) is 16.7 Å². The highest BCUT2D eigenvalue weighted by atomic mass is 19.4. The average molecular weight is 444 g/mol. The zero-order valence-electron chi connectivity index (χ0n) is 15.5. The van der Waals surface area contributed by atoms with Gasteiger partial charge in [-0.3, -0.25) is 4.79 Å². The van der Waals surface area contributed by atoms with Crippen molar-refractivity contribution in [3.05, 3.63) is 71.8 Å². The summed E-state index contributed by atoms with van der Waals surface area (Å²) >= 11 is 0. The van der Waals surface area contributed by atoms with Gasteiger partial charge in [0.05, 0.1) is 16.8 Å². The van der Waals surface area contributed by atoms with Crippen LogP contribution < -0.4 is 10.1 Å². The van der Waals surface area contributed by atoms with Crippen molar-refractivity contribution in [2.24, 2.45) is 0 Å². The number of nitrogens with zero attached hydrogens (tertiary/aromatic N) is 3. The van der Waals surface area contributed by atoms with E-state index in [-0.39, 0.29) is 12.6 Å². The van der Waals surface area contributed by atoms with Crippen LogP contribution in [0.2, 0.25) is 0 Å². The van der Waals surface area contributed by atoms with E-state index in [0.717, 1.165) is 5.69 Å². The van der Waals surface area contributed by atoms with Gasteiger partial charge in [-0.15, -0.1) is 0 Å². The second-order valence-corrected chi connectivity index (χ2v) is 6.31. The predicted octanol–water partition coefficient (Wildman–Crippen LogP) is 4.00. The van der Waals surface area contributed by atoms with E-state index in [1.54, 1.807) is 24.3 Å². The van der Waals surface area contributed by atoms with Crippen molar-refractivity contribution < 1.29 is 35.9 Å². The number of carbonyl (C=O) groups excluding carboxylic acids is 1. The minimum atomic E-state index is -5.00. The van der Waals surface area contributed by atoms with Crippen LogP contribution in [0.15, 0.2) is 55.1 Å². The summed E-state index contributed by atoms with van der Waals surface area (Å²) in [7, 11) is 0. The first kappa shape index (κ1) is 22.1. The third-order valence-electron chi connectivity index (χ3n) is 4.04. The number of hydrogen-bond acceptors (Lipinski definition) is 4. The van der Waals surface area contributed by atoms with Crippen molar-refractivity contribution in [3.63, 3.8) is 0 Å². The summed E-state index contributed by atoms with van der Waals surface area (Å²) in [4.78, 5) is 15.7. The van der Waals surface area contributed by atoms with Crippen LogP contribution in [-0.4, -0.2) is 27.3 Å². The van der Waals surface area contributed by atoms with E-state index in [2.05, 4.69) is 15.4 Å². The average Bonchev–Trinajstić information content (AvgIpc) is 3.24. The van der Waals surface area contributed by atoms with E-state index in [4.69, 9.17) is 4.74 Å². The molecule has 0 saturated heterocycles. The van der Waals surface area contributed by atoms with Crippen molar-refractivity contribution in [2.75, 3.05) is 6.61 Å². The molecule has 0 aliphatic rings. The lowest BCUT2D eigenvalue weighted by Gasteiger charge is -2.14. The van der Waals surface area contributed by atoms with Gasteiger partial charge in [0.2, 0.25) is 0 Å². The highest BCUT2D eigenvalue weighted by Crippen LogP contribution is 2.38. The third kappa shape index (κ3) is 5.96. The molecule has 31 heavy (non-hydrogen) atoms. The summed E-state index contributed by atoms with van der Waals surface area (Å²) in [6.45, 7) is -0.675.